The Balaban J connectivity index is 1.65. The number of aromatic nitrogens is 1. The molecule has 4 rings (SSSR count). The number of carbonyl (C=O) groups is 1. The minimum atomic E-state index is -0.0501. The van der Waals surface area contributed by atoms with Crippen LogP contribution < -0.4 is 5.32 Å². The highest BCUT2D eigenvalue weighted by Crippen LogP contribution is 2.31. The quantitative estimate of drug-likeness (QED) is 0.500. The second-order valence-corrected chi connectivity index (χ2v) is 6.78. The third-order valence-corrected chi connectivity index (χ3v) is 4.86. The van der Waals surface area contributed by atoms with E-state index in [-0.39, 0.29) is 5.91 Å². The Morgan fingerprint density at radius 2 is 1.77 bits per heavy atom. The fraction of sp³-hybridized carbons (Fsp3) is 0.136. The second kappa shape index (κ2) is 6.85. The Labute approximate surface area is 157 Å². The van der Waals surface area contributed by atoms with Gasteiger partial charge in [-0.05, 0) is 48.9 Å². The Hall–Kier alpha value is -2.78. The van der Waals surface area contributed by atoms with Crippen molar-refractivity contribution in [2.24, 2.45) is 0 Å². The summed E-state index contributed by atoms with van der Waals surface area (Å²) in [6, 6.07) is 21.8. The molecule has 1 N–H and O–H groups in total. The monoisotopic (exact) mass is 362 g/mol. The average molecular weight is 363 g/mol. The van der Waals surface area contributed by atoms with E-state index in [0.29, 0.717) is 11.4 Å². The molecule has 26 heavy (non-hydrogen) atoms. The number of halogens is 1. The van der Waals surface area contributed by atoms with Gasteiger partial charge >= 0.3 is 0 Å². The van der Waals surface area contributed by atoms with Crippen LogP contribution in [0.15, 0.2) is 66.7 Å². The van der Waals surface area contributed by atoms with E-state index in [0.717, 1.165) is 23.2 Å². The van der Waals surface area contributed by atoms with Gasteiger partial charge in [0.15, 0.2) is 0 Å². The van der Waals surface area contributed by atoms with Gasteiger partial charge in [0.1, 0.15) is 0 Å². The van der Waals surface area contributed by atoms with Gasteiger partial charge in [0.2, 0.25) is 5.91 Å². The minimum absolute atomic E-state index is 0.0501. The number of benzene rings is 3. The molecule has 0 aliphatic rings. The summed E-state index contributed by atoms with van der Waals surface area (Å²) in [4.78, 5) is 12.4. The molecule has 0 saturated heterocycles. The lowest BCUT2D eigenvalue weighted by atomic mass is 10.1. The molecule has 0 radical (unpaired) electrons. The van der Waals surface area contributed by atoms with E-state index in [9.17, 15) is 4.79 Å². The van der Waals surface area contributed by atoms with Gasteiger partial charge in [0, 0.05) is 39.1 Å². The lowest BCUT2D eigenvalue weighted by Crippen LogP contribution is -2.14. The minimum Gasteiger partial charge on any atom is -0.341 e. The van der Waals surface area contributed by atoms with E-state index in [1.807, 2.05) is 30.3 Å². The Morgan fingerprint density at radius 1 is 0.962 bits per heavy atom. The zero-order chi connectivity index (χ0) is 18.1. The zero-order valence-corrected chi connectivity index (χ0v) is 15.3. The lowest BCUT2D eigenvalue weighted by molar-refractivity contribution is -0.115. The van der Waals surface area contributed by atoms with Gasteiger partial charge < -0.3 is 9.88 Å². The van der Waals surface area contributed by atoms with Crippen LogP contribution in [-0.4, -0.2) is 10.5 Å². The molecule has 4 heteroatoms. The van der Waals surface area contributed by atoms with Crippen molar-refractivity contribution >= 4 is 45.0 Å². The number of fused-ring (bicyclic) bond motifs is 3. The molecule has 1 aromatic heterocycles. The molecule has 0 atom stereocenters. The van der Waals surface area contributed by atoms with Crippen LogP contribution in [0.25, 0.3) is 21.8 Å². The van der Waals surface area contributed by atoms with Gasteiger partial charge in [-0.3, -0.25) is 4.79 Å². The van der Waals surface area contributed by atoms with Crippen molar-refractivity contribution in [1.82, 2.24) is 4.57 Å². The molecule has 0 bridgehead atoms. The molecule has 130 valence electrons. The number of carbonyl (C=O) groups excluding carboxylic acids is 1. The molecular weight excluding hydrogens is 344 g/mol. The molecule has 0 spiro atoms. The van der Waals surface area contributed by atoms with E-state index in [4.69, 9.17) is 11.6 Å². The number of nitrogens with zero attached hydrogens (tertiary/aromatic N) is 1. The van der Waals surface area contributed by atoms with Crippen LogP contribution in [-0.2, 0) is 17.8 Å². The van der Waals surface area contributed by atoms with Gasteiger partial charge in [-0.2, -0.15) is 0 Å². The Kier molecular flexibility index (Phi) is 4.39. The van der Waals surface area contributed by atoms with Crippen molar-refractivity contribution in [1.29, 1.82) is 0 Å². The number of aryl methyl sites for hydroxylation is 1. The van der Waals surface area contributed by atoms with Crippen molar-refractivity contribution in [3.63, 3.8) is 0 Å². The van der Waals surface area contributed by atoms with Crippen molar-refractivity contribution in [3.05, 3.63) is 77.3 Å². The maximum atomic E-state index is 12.4. The molecule has 0 aliphatic carbocycles. The summed E-state index contributed by atoms with van der Waals surface area (Å²) in [5.41, 5.74) is 4.11. The first-order valence-corrected chi connectivity index (χ1v) is 9.09. The summed E-state index contributed by atoms with van der Waals surface area (Å²) in [6.07, 6.45) is 0.301. The number of hydrogen-bond acceptors (Lipinski definition) is 1. The zero-order valence-electron chi connectivity index (χ0n) is 14.5. The van der Waals surface area contributed by atoms with Crippen LogP contribution in [0.2, 0.25) is 5.02 Å². The molecular formula is C22H19ClN2O. The predicted octanol–water partition coefficient (Wildman–Crippen LogP) is 5.65. The topological polar surface area (TPSA) is 34.0 Å². The summed E-state index contributed by atoms with van der Waals surface area (Å²) >= 11 is 5.99. The summed E-state index contributed by atoms with van der Waals surface area (Å²) in [5.74, 6) is -0.0501. The van der Waals surface area contributed by atoms with Gasteiger partial charge in [0.25, 0.3) is 0 Å². The van der Waals surface area contributed by atoms with Crippen LogP contribution >= 0.6 is 11.6 Å². The molecule has 3 nitrogen and oxygen atoms in total. The van der Waals surface area contributed by atoms with Crippen molar-refractivity contribution in [2.45, 2.75) is 19.9 Å². The summed E-state index contributed by atoms with van der Waals surface area (Å²) < 4.78 is 2.29. The highest BCUT2D eigenvalue weighted by atomic mass is 35.5. The van der Waals surface area contributed by atoms with Gasteiger partial charge in [0.05, 0.1) is 6.42 Å². The standard InChI is InChI=1S/C22H19ClN2O/c1-2-25-20-9-4-3-8-18(20)19-14-17(10-11-21(19)25)24-22(26)13-15-6-5-7-16(23)12-15/h3-12,14H,2,13H2,1H3,(H,24,26). The molecule has 1 heterocycles. The highest BCUT2D eigenvalue weighted by molar-refractivity contribution is 6.30. The molecule has 0 saturated carbocycles. The number of anilines is 1. The predicted molar refractivity (Wildman–Crippen MR) is 109 cm³/mol. The molecule has 4 aromatic rings. The smallest absolute Gasteiger partial charge is 0.228 e. The van der Waals surface area contributed by atoms with E-state index in [2.05, 4.69) is 47.1 Å². The first-order valence-electron chi connectivity index (χ1n) is 8.71. The van der Waals surface area contributed by atoms with Gasteiger partial charge in [-0.15, -0.1) is 0 Å². The fourth-order valence-corrected chi connectivity index (χ4v) is 3.72. The largest absolute Gasteiger partial charge is 0.341 e. The fourth-order valence-electron chi connectivity index (χ4n) is 3.51. The van der Waals surface area contributed by atoms with Crippen LogP contribution in [0.3, 0.4) is 0 Å². The molecule has 3 aromatic carbocycles. The van der Waals surface area contributed by atoms with Crippen molar-refractivity contribution < 1.29 is 4.79 Å². The van der Waals surface area contributed by atoms with Gasteiger partial charge in [-0.25, -0.2) is 0 Å². The van der Waals surface area contributed by atoms with Crippen LogP contribution in [0.4, 0.5) is 5.69 Å². The summed E-state index contributed by atoms with van der Waals surface area (Å²) in [5, 5.41) is 6.00. The van der Waals surface area contributed by atoms with E-state index < -0.39 is 0 Å². The molecule has 0 aliphatic heterocycles. The molecule has 0 fully saturated rings. The lowest BCUT2D eigenvalue weighted by Gasteiger charge is -2.07. The number of para-hydroxylation sites is 1. The normalized spacial score (nSPS) is 11.2. The van der Waals surface area contributed by atoms with Crippen LogP contribution in [0.1, 0.15) is 12.5 Å². The summed E-state index contributed by atoms with van der Waals surface area (Å²) in [7, 11) is 0. The van der Waals surface area contributed by atoms with E-state index in [1.165, 1.54) is 16.4 Å². The van der Waals surface area contributed by atoms with Crippen LogP contribution in [0, 0.1) is 0 Å². The Morgan fingerprint density at radius 3 is 2.58 bits per heavy atom. The average Bonchev–Trinajstić information content (AvgIpc) is 2.95. The highest BCUT2D eigenvalue weighted by Gasteiger charge is 2.11. The van der Waals surface area contributed by atoms with Crippen molar-refractivity contribution in [3.8, 4) is 0 Å². The number of amides is 1. The SMILES string of the molecule is CCn1c2ccccc2c2cc(NC(=O)Cc3cccc(Cl)c3)ccc21. The maximum absolute atomic E-state index is 12.4. The summed E-state index contributed by atoms with van der Waals surface area (Å²) in [6.45, 7) is 3.05. The number of hydrogen-bond donors (Lipinski definition) is 1. The Bertz CT molecular complexity index is 1110. The number of nitrogens with one attached hydrogen (secondary N) is 1. The third kappa shape index (κ3) is 3.06. The van der Waals surface area contributed by atoms with Crippen molar-refractivity contribution in [2.75, 3.05) is 5.32 Å². The first-order chi connectivity index (χ1) is 12.7. The van der Waals surface area contributed by atoms with E-state index >= 15 is 0 Å². The molecule has 1 amide bonds. The number of rotatable bonds is 4. The second-order valence-electron chi connectivity index (χ2n) is 6.35. The molecule has 0 unspecified atom stereocenters. The third-order valence-electron chi connectivity index (χ3n) is 4.63. The maximum Gasteiger partial charge on any atom is 0.228 e. The van der Waals surface area contributed by atoms with E-state index in [1.54, 1.807) is 6.07 Å². The van der Waals surface area contributed by atoms with Gasteiger partial charge in [-0.1, -0.05) is 41.9 Å². The van der Waals surface area contributed by atoms with Crippen LogP contribution in [0.5, 0.6) is 0 Å². The first kappa shape index (κ1) is 16.7.